The SMILES string of the molecule is CC1(c2noc(CN)n2)CCS(=O)(=O)C1. The van der Waals surface area contributed by atoms with E-state index in [1.165, 1.54) is 0 Å². The van der Waals surface area contributed by atoms with Crippen LogP contribution in [0, 0.1) is 0 Å². The van der Waals surface area contributed by atoms with Gasteiger partial charge in [-0.3, -0.25) is 0 Å². The molecule has 7 heteroatoms. The van der Waals surface area contributed by atoms with Crippen LogP contribution in [-0.4, -0.2) is 30.1 Å². The van der Waals surface area contributed by atoms with Crippen LogP contribution in [0.2, 0.25) is 0 Å². The number of sulfone groups is 1. The van der Waals surface area contributed by atoms with Crippen molar-refractivity contribution in [1.82, 2.24) is 10.1 Å². The smallest absolute Gasteiger partial charge is 0.240 e. The average Bonchev–Trinajstić information content (AvgIpc) is 2.71. The van der Waals surface area contributed by atoms with E-state index in [4.69, 9.17) is 10.3 Å². The van der Waals surface area contributed by atoms with Crippen molar-refractivity contribution in [3.05, 3.63) is 11.7 Å². The molecule has 1 aliphatic heterocycles. The first-order valence-electron chi connectivity index (χ1n) is 4.69. The minimum absolute atomic E-state index is 0.0868. The topological polar surface area (TPSA) is 99.1 Å². The predicted molar refractivity (Wildman–Crippen MR) is 52.8 cm³/mol. The van der Waals surface area contributed by atoms with Crippen molar-refractivity contribution in [2.45, 2.75) is 25.3 Å². The molecular weight excluding hydrogens is 218 g/mol. The molecule has 1 saturated heterocycles. The van der Waals surface area contributed by atoms with E-state index in [2.05, 4.69) is 10.1 Å². The van der Waals surface area contributed by atoms with Crippen LogP contribution in [0.5, 0.6) is 0 Å². The maximum Gasteiger partial charge on any atom is 0.240 e. The number of nitrogens with zero attached hydrogens (tertiary/aromatic N) is 2. The van der Waals surface area contributed by atoms with E-state index in [1.807, 2.05) is 6.92 Å². The van der Waals surface area contributed by atoms with Crippen molar-refractivity contribution in [1.29, 1.82) is 0 Å². The molecule has 0 aromatic carbocycles. The molecule has 1 aromatic rings. The van der Waals surface area contributed by atoms with Gasteiger partial charge in [0.2, 0.25) is 5.89 Å². The Morgan fingerprint density at radius 1 is 1.60 bits per heavy atom. The molecule has 0 aliphatic carbocycles. The van der Waals surface area contributed by atoms with Crippen molar-refractivity contribution < 1.29 is 12.9 Å². The minimum atomic E-state index is -2.95. The zero-order chi connectivity index (χ0) is 11.1. The molecule has 0 amide bonds. The van der Waals surface area contributed by atoms with Crippen LogP contribution in [0.3, 0.4) is 0 Å². The number of hydrogen-bond donors (Lipinski definition) is 1. The maximum absolute atomic E-state index is 11.4. The van der Waals surface area contributed by atoms with Gasteiger partial charge in [0.15, 0.2) is 15.7 Å². The summed E-state index contributed by atoms with van der Waals surface area (Å²) in [5, 5.41) is 3.78. The standard InChI is InChI=1S/C8H13N3O3S/c1-8(2-3-15(12,13)5-8)7-10-6(4-9)14-11-7/h2-5,9H2,1H3. The molecule has 2 heterocycles. The second kappa shape index (κ2) is 3.28. The highest BCUT2D eigenvalue weighted by Crippen LogP contribution is 2.33. The highest BCUT2D eigenvalue weighted by atomic mass is 32.2. The summed E-state index contributed by atoms with van der Waals surface area (Å²) in [4.78, 5) is 4.08. The lowest BCUT2D eigenvalue weighted by molar-refractivity contribution is 0.361. The predicted octanol–water partition coefficient (Wildman–Crippen LogP) is -0.395. The first kappa shape index (κ1) is 10.6. The summed E-state index contributed by atoms with van der Waals surface area (Å²) in [6, 6.07) is 0. The lowest BCUT2D eigenvalue weighted by atomic mass is 9.89. The summed E-state index contributed by atoms with van der Waals surface area (Å²) in [7, 11) is -2.95. The summed E-state index contributed by atoms with van der Waals surface area (Å²) < 4.78 is 27.6. The Hall–Kier alpha value is -0.950. The number of aromatic nitrogens is 2. The van der Waals surface area contributed by atoms with Crippen LogP contribution < -0.4 is 5.73 Å². The van der Waals surface area contributed by atoms with Gasteiger partial charge >= 0.3 is 0 Å². The molecule has 1 aromatic heterocycles. The Labute approximate surface area is 87.8 Å². The molecule has 6 nitrogen and oxygen atoms in total. The van der Waals surface area contributed by atoms with Gasteiger partial charge < -0.3 is 10.3 Å². The molecular formula is C8H13N3O3S. The summed E-state index contributed by atoms with van der Waals surface area (Å²) in [5.74, 6) is 1.07. The zero-order valence-electron chi connectivity index (χ0n) is 8.43. The summed E-state index contributed by atoms with van der Waals surface area (Å²) >= 11 is 0. The molecule has 1 unspecified atom stereocenters. The van der Waals surface area contributed by atoms with Crippen LogP contribution in [-0.2, 0) is 21.8 Å². The molecule has 15 heavy (non-hydrogen) atoms. The van der Waals surface area contributed by atoms with Crippen molar-refractivity contribution in [3.8, 4) is 0 Å². The molecule has 84 valence electrons. The van der Waals surface area contributed by atoms with Gasteiger partial charge in [0.25, 0.3) is 0 Å². The monoisotopic (exact) mass is 231 g/mol. The molecule has 0 saturated carbocycles. The average molecular weight is 231 g/mol. The fourth-order valence-electron chi connectivity index (χ4n) is 1.77. The molecule has 2 rings (SSSR count). The van der Waals surface area contributed by atoms with Crippen LogP contribution >= 0.6 is 0 Å². The summed E-state index contributed by atoms with van der Waals surface area (Å²) in [6.07, 6.45) is 0.541. The first-order chi connectivity index (χ1) is 6.95. The lowest BCUT2D eigenvalue weighted by Crippen LogP contribution is -2.25. The molecule has 0 spiro atoms. The van der Waals surface area contributed by atoms with Crippen LogP contribution in [0.4, 0.5) is 0 Å². The quantitative estimate of drug-likeness (QED) is 0.743. The van der Waals surface area contributed by atoms with Crippen LogP contribution in [0.15, 0.2) is 4.52 Å². The van der Waals surface area contributed by atoms with Crippen molar-refractivity contribution in [2.24, 2.45) is 5.73 Å². The number of hydrogen-bond acceptors (Lipinski definition) is 6. The number of rotatable bonds is 2. The van der Waals surface area contributed by atoms with E-state index < -0.39 is 15.3 Å². The van der Waals surface area contributed by atoms with Gasteiger partial charge in [0.05, 0.1) is 18.1 Å². The van der Waals surface area contributed by atoms with E-state index >= 15 is 0 Å². The Morgan fingerprint density at radius 2 is 2.33 bits per heavy atom. The molecule has 1 atom stereocenters. The first-order valence-corrected chi connectivity index (χ1v) is 6.51. The number of nitrogens with two attached hydrogens (primary N) is 1. The highest BCUT2D eigenvalue weighted by molar-refractivity contribution is 7.91. The van der Waals surface area contributed by atoms with Crippen molar-refractivity contribution in [2.75, 3.05) is 11.5 Å². The lowest BCUT2D eigenvalue weighted by Gasteiger charge is -2.15. The van der Waals surface area contributed by atoms with Gasteiger partial charge in [-0.1, -0.05) is 12.1 Å². The second-order valence-electron chi connectivity index (χ2n) is 4.12. The van der Waals surface area contributed by atoms with Crippen molar-refractivity contribution in [3.63, 3.8) is 0 Å². The fourth-order valence-corrected chi connectivity index (χ4v) is 3.92. The van der Waals surface area contributed by atoms with Gasteiger partial charge in [-0.15, -0.1) is 0 Å². The molecule has 0 bridgehead atoms. The minimum Gasteiger partial charge on any atom is -0.338 e. The van der Waals surface area contributed by atoms with Gasteiger partial charge in [-0.05, 0) is 6.42 Å². The van der Waals surface area contributed by atoms with E-state index in [0.29, 0.717) is 18.1 Å². The van der Waals surface area contributed by atoms with Crippen LogP contribution in [0.25, 0.3) is 0 Å². The van der Waals surface area contributed by atoms with E-state index in [-0.39, 0.29) is 18.1 Å². The highest BCUT2D eigenvalue weighted by Gasteiger charge is 2.43. The molecule has 1 fully saturated rings. The van der Waals surface area contributed by atoms with Gasteiger partial charge in [0.1, 0.15) is 0 Å². The zero-order valence-corrected chi connectivity index (χ0v) is 9.25. The summed E-state index contributed by atoms with van der Waals surface area (Å²) in [6.45, 7) is 2.01. The third-order valence-electron chi connectivity index (χ3n) is 2.69. The molecule has 1 aliphatic rings. The Bertz CT molecular complexity index is 467. The molecule has 2 N–H and O–H groups in total. The van der Waals surface area contributed by atoms with Crippen molar-refractivity contribution >= 4 is 9.84 Å². The normalized spacial score (nSPS) is 29.5. The summed E-state index contributed by atoms with van der Waals surface area (Å²) in [5.41, 5.74) is 4.83. The largest absolute Gasteiger partial charge is 0.338 e. The Kier molecular flexibility index (Phi) is 2.31. The third kappa shape index (κ3) is 1.89. The molecule has 0 radical (unpaired) electrons. The van der Waals surface area contributed by atoms with Gasteiger partial charge in [-0.25, -0.2) is 8.42 Å². The van der Waals surface area contributed by atoms with E-state index in [9.17, 15) is 8.42 Å². The van der Waals surface area contributed by atoms with E-state index in [0.717, 1.165) is 0 Å². The van der Waals surface area contributed by atoms with Gasteiger partial charge in [0, 0.05) is 5.41 Å². The van der Waals surface area contributed by atoms with Crippen LogP contribution in [0.1, 0.15) is 25.1 Å². The Balaban J connectivity index is 2.31. The Morgan fingerprint density at radius 3 is 2.80 bits per heavy atom. The fraction of sp³-hybridized carbons (Fsp3) is 0.750. The third-order valence-corrected chi connectivity index (χ3v) is 4.59. The van der Waals surface area contributed by atoms with E-state index in [1.54, 1.807) is 0 Å². The maximum atomic E-state index is 11.4. The second-order valence-corrected chi connectivity index (χ2v) is 6.30. The van der Waals surface area contributed by atoms with Gasteiger partial charge in [-0.2, -0.15) is 4.98 Å².